The predicted molar refractivity (Wildman–Crippen MR) is 74.4 cm³/mol. The average Bonchev–Trinajstić information content (AvgIpc) is 2.32. The van der Waals surface area contributed by atoms with E-state index in [9.17, 15) is 0 Å². The van der Waals surface area contributed by atoms with E-state index in [0.717, 1.165) is 11.6 Å². The van der Waals surface area contributed by atoms with Crippen LogP contribution in [0.4, 0.5) is 0 Å². The van der Waals surface area contributed by atoms with E-state index in [1.165, 1.54) is 31.2 Å². The molecule has 0 heterocycles. The second kappa shape index (κ2) is 4.62. The van der Waals surface area contributed by atoms with Crippen LogP contribution in [0.15, 0.2) is 24.3 Å². The van der Waals surface area contributed by atoms with Crippen LogP contribution in [0.25, 0.3) is 0 Å². The summed E-state index contributed by atoms with van der Waals surface area (Å²) in [6.07, 6.45) is 4.98. The number of halogens is 1. The summed E-state index contributed by atoms with van der Waals surface area (Å²) < 4.78 is 0. The van der Waals surface area contributed by atoms with Crippen molar-refractivity contribution < 1.29 is 0 Å². The molecular formula is C15H22ClN. The highest BCUT2D eigenvalue weighted by molar-refractivity contribution is 6.30. The van der Waals surface area contributed by atoms with E-state index >= 15 is 0 Å². The van der Waals surface area contributed by atoms with Crippen molar-refractivity contribution in [2.24, 2.45) is 11.1 Å². The fraction of sp³-hybridized carbons (Fsp3) is 0.600. The second-order valence-corrected chi connectivity index (χ2v) is 5.99. The third-order valence-corrected chi connectivity index (χ3v) is 5.03. The van der Waals surface area contributed by atoms with Crippen LogP contribution in [0.2, 0.25) is 5.02 Å². The fourth-order valence-electron chi connectivity index (χ4n) is 3.40. The van der Waals surface area contributed by atoms with Crippen molar-refractivity contribution >= 4 is 11.6 Å². The van der Waals surface area contributed by atoms with E-state index in [1.807, 2.05) is 12.1 Å². The Morgan fingerprint density at radius 1 is 1.12 bits per heavy atom. The van der Waals surface area contributed by atoms with Crippen LogP contribution in [0.3, 0.4) is 0 Å². The molecule has 2 heteroatoms. The van der Waals surface area contributed by atoms with Gasteiger partial charge in [-0.15, -0.1) is 0 Å². The average molecular weight is 252 g/mol. The number of hydrogen-bond donors (Lipinski definition) is 1. The number of hydrogen-bond acceptors (Lipinski definition) is 1. The SMILES string of the molecule is CCC1(CC)CC(CN)(c2ccc(Cl)cc2)C1. The molecule has 0 aromatic heterocycles. The molecule has 17 heavy (non-hydrogen) atoms. The van der Waals surface area contributed by atoms with E-state index in [4.69, 9.17) is 17.3 Å². The Bertz CT molecular complexity index is 370. The number of rotatable bonds is 4. The lowest BCUT2D eigenvalue weighted by Gasteiger charge is -2.56. The maximum absolute atomic E-state index is 6.04. The quantitative estimate of drug-likeness (QED) is 0.855. The molecule has 0 bridgehead atoms. The topological polar surface area (TPSA) is 26.0 Å². The number of benzene rings is 1. The molecule has 0 saturated heterocycles. The molecule has 1 aliphatic carbocycles. The zero-order valence-corrected chi connectivity index (χ0v) is 11.6. The normalized spacial score (nSPS) is 20.9. The highest BCUT2D eigenvalue weighted by atomic mass is 35.5. The monoisotopic (exact) mass is 251 g/mol. The Hall–Kier alpha value is -0.530. The Kier molecular flexibility index (Phi) is 3.51. The Labute approximate surface area is 109 Å². The highest BCUT2D eigenvalue weighted by Gasteiger charge is 2.52. The molecule has 1 aromatic carbocycles. The van der Waals surface area contributed by atoms with Gasteiger partial charge < -0.3 is 5.73 Å². The minimum absolute atomic E-state index is 0.205. The zero-order valence-electron chi connectivity index (χ0n) is 10.8. The minimum Gasteiger partial charge on any atom is -0.330 e. The summed E-state index contributed by atoms with van der Waals surface area (Å²) in [6.45, 7) is 5.34. The molecule has 1 fully saturated rings. The molecule has 0 spiro atoms. The molecule has 1 aliphatic rings. The third-order valence-electron chi connectivity index (χ3n) is 4.77. The van der Waals surface area contributed by atoms with Crippen molar-refractivity contribution in [3.05, 3.63) is 34.9 Å². The van der Waals surface area contributed by atoms with Gasteiger partial charge in [0.25, 0.3) is 0 Å². The summed E-state index contributed by atoms with van der Waals surface area (Å²) in [5.74, 6) is 0. The summed E-state index contributed by atoms with van der Waals surface area (Å²) >= 11 is 5.95. The van der Waals surface area contributed by atoms with Gasteiger partial charge in [-0.1, -0.05) is 50.4 Å². The summed E-state index contributed by atoms with van der Waals surface area (Å²) in [5, 5.41) is 0.803. The lowest BCUT2D eigenvalue weighted by molar-refractivity contribution is 0.0183. The first-order valence-corrected chi connectivity index (χ1v) is 6.94. The van der Waals surface area contributed by atoms with E-state index in [1.54, 1.807) is 0 Å². The minimum atomic E-state index is 0.205. The molecule has 1 nitrogen and oxygen atoms in total. The van der Waals surface area contributed by atoms with Gasteiger partial charge in [0.2, 0.25) is 0 Å². The van der Waals surface area contributed by atoms with Crippen LogP contribution in [0.1, 0.15) is 45.1 Å². The molecule has 0 amide bonds. The Morgan fingerprint density at radius 3 is 2.06 bits per heavy atom. The molecule has 0 radical (unpaired) electrons. The predicted octanol–water partition coefficient (Wildman–Crippen LogP) is 4.14. The van der Waals surface area contributed by atoms with Gasteiger partial charge >= 0.3 is 0 Å². The molecule has 0 unspecified atom stereocenters. The molecular weight excluding hydrogens is 230 g/mol. The summed E-state index contributed by atoms with van der Waals surface area (Å²) in [7, 11) is 0. The first kappa shape index (κ1) is 12.9. The van der Waals surface area contributed by atoms with Crippen molar-refractivity contribution in [3.8, 4) is 0 Å². The molecule has 0 aliphatic heterocycles. The number of nitrogens with two attached hydrogens (primary N) is 1. The van der Waals surface area contributed by atoms with E-state index < -0.39 is 0 Å². The van der Waals surface area contributed by atoms with Crippen LogP contribution in [-0.4, -0.2) is 6.54 Å². The summed E-state index contributed by atoms with van der Waals surface area (Å²) in [5.41, 5.74) is 8.13. The molecule has 94 valence electrons. The van der Waals surface area contributed by atoms with E-state index in [2.05, 4.69) is 26.0 Å². The van der Waals surface area contributed by atoms with Gasteiger partial charge in [0.15, 0.2) is 0 Å². The zero-order chi connectivity index (χ0) is 12.5. The van der Waals surface area contributed by atoms with Crippen molar-refractivity contribution in [3.63, 3.8) is 0 Å². The molecule has 1 saturated carbocycles. The molecule has 2 rings (SSSR count). The van der Waals surface area contributed by atoms with Gasteiger partial charge in [0.05, 0.1) is 0 Å². The maximum Gasteiger partial charge on any atom is 0.0406 e. The van der Waals surface area contributed by atoms with E-state index in [0.29, 0.717) is 5.41 Å². The lowest BCUT2D eigenvalue weighted by atomic mass is 9.48. The molecule has 0 atom stereocenters. The van der Waals surface area contributed by atoms with Crippen LogP contribution in [0.5, 0.6) is 0 Å². The van der Waals surface area contributed by atoms with Gasteiger partial charge in [-0.2, -0.15) is 0 Å². The fourth-order valence-corrected chi connectivity index (χ4v) is 3.53. The first-order chi connectivity index (χ1) is 8.10. The van der Waals surface area contributed by atoms with Crippen molar-refractivity contribution in [2.75, 3.05) is 6.54 Å². The van der Waals surface area contributed by atoms with E-state index in [-0.39, 0.29) is 5.41 Å². The summed E-state index contributed by atoms with van der Waals surface area (Å²) in [6, 6.07) is 8.24. The third kappa shape index (κ3) is 2.11. The largest absolute Gasteiger partial charge is 0.330 e. The highest BCUT2D eigenvalue weighted by Crippen LogP contribution is 2.58. The van der Waals surface area contributed by atoms with Gasteiger partial charge in [0.1, 0.15) is 0 Å². The Balaban J connectivity index is 2.22. The second-order valence-electron chi connectivity index (χ2n) is 5.55. The molecule has 1 aromatic rings. The summed E-state index contributed by atoms with van der Waals surface area (Å²) in [4.78, 5) is 0. The first-order valence-electron chi connectivity index (χ1n) is 6.56. The van der Waals surface area contributed by atoms with Gasteiger partial charge in [-0.25, -0.2) is 0 Å². The van der Waals surface area contributed by atoms with Gasteiger partial charge in [-0.3, -0.25) is 0 Å². The smallest absolute Gasteiger partial charge is 0.0406 e. The lowest BCUT2D eigenvalue weighted by Crippen LogP contribution is -2.53. The Morgan fingerprint density at radius 2 is 1.65 bits per heavy atom. The van der Waals surface area contributed by atoms with Crippen molar-refractivity contribution in [1.29, 1.82) is 0 Å². The van der Waals surface area contributed by atoms with Crippen LogP contribution >= 0.6 is 11.6 Å². The molecule has 2 N–H and O–H groups in total. The standard InChI is InChI=1S/C15H22ClN/c1-3-14(4-2)9-15(10-14,11-17)12-5-7-13(16)8-6-12/h5-8H,3-4,9-11,17H2,1-2H3. The van der Waals surface area contributed by atoms with Crippen molar-refractivity contribution in [1.82, 2.24) is 0 Å². The van der Waals surface area contributed by atoms with Crippen LogP contribution < -0.4 is 5.73 Å². The van der Waals surface area contributed by atoms with Crippen LogP contribution in [-0.2, 0) is 5.41 Å². The van der Waals surface area contributed by atoms with Crippen LogP contribution in [0, 0.1) is 5.41 Å². The maximum atomic E-state index is 6.04. The van der Waals surface area contributed by atoms with Crippen molar-refractivity contribution in [2.45, 2.75) is 44.9 Å². The van der Waals surface area contributed by atoms with Gasteiger partial charge in [0, 0.05) is 17.0 Å². The van der Waals surface area contributed by atoms with Gasteiger partial charge in [-0.05, 0) is 36.0 Å².